The summed E-state index contributed by atoms with van der Waals surface area (Å²) < 4.78 is 0. The third-order valence-electron chi connectivity index (χ3n) is 16.9. The normalized spacial score (nSPS) is 15.3. The highest BCUT2D eigenvalue weighted by atomic mass is 32.2. The molecule has 16 amide bonds. The van der Waals surface area contributed by atoms with Crippen LogP contribution in [-0.2, 0) is 94.3 Å². The smallest absolute Gasteiger partial charge is 0.300 e. The Morgan fingerprint density at radius 3 is 1.64 bits per heavy atom. The molecule has 41 nitrogen and oxygen atoms in total. The lowest BCUT2D eigenvalue weighted by Gasteiger charge is -2.27. The number of hydrogen-bond donors (Lipinski definition) is 22. The standard InChI is InChI=1S/C68H106N22O17S.C2H4O2/c1-33(2)23-46(86-61(101)43(15-12-21-74-68(71)72)82-52(94)29-76-59(99)44-17-19-51(93)81-44)60(100)77-31-54(96)89-56(37(8)91)67(107)85-45(16-18-50(69)92)62(102)88-48(25-38-27-75-41-14-11-10-13-40(38)41)63(103)80-36(7)58(98)90-55(35(5)6)66(106)78-30-53(95)83-49(26-39-28-73-32-79-39)65(105)87-47(24-34(3)4)64(104)84-42(57(70)97)20-22-108-9;1-2(3)4/h10-11,13-14,27-28,32-37,42-49,55-56,75,91H,12,15-26,29-31H2,1-9H3,(H2,69,92)(H2,70,97)(H,73,79)(H,76,99)(H,77,100)(H,78,106)(H,80,103)(H,81,93)(H,82,94)(H,83,95)(H,84,104)(H,85,107)(H,86,101)(H,87,105)(H,88,102)(H,89,96)(H,90,98)(H4,71,72,74);1H3,(H,3,4). The number of amides is 16. The number of aromatic nitrogens is 3. The molecule has 0 bridgehead atoms. The van der Waals surface area contributed by atoms with Gasteiger partial charge >= 0.3 is 0 Å². The number of benzene rings is 1. The summed E-state index contributed by atoms with van der Waals surface area (Å²) in [5.41, 5.74) is 23.5. The van der Waals surface area contributed by atoms with Crippen LogP contribution in [0.5, 0.6) is 0 Å². The van der Waals surface area contributed by atoms with E-state index in [1.165, 1.54) is 31.2 Å². The number of rotatable bonds is 47. The van der Waals surface area contributed by atoms with Crippen molar-refractivity contribution in [2.45, 2.75) is 206 Å². The number of aliphatic imine (C=N–C) groups is 1. The van der Waals surface area contributed by atoms with E-state index >= 15 is 0 Å². The van der Waals surface area contributed by atoms with E-state index in [4.69, 9.17) is 32.8 Å². The van der Waals surface area contributed by atoms with Crippen molar-refractivity contribution >= 4 is 129 Å². The third-order valence-corrected chi connectivity index (χ3v) is 17.5. The summed E-state index contributed by atoms with van der Waals surface area (Å²) in [6.07, 6.45) is 3.91. The second kappa shape index (κ2) is 48.2. The number of carbonyl (C=O) groups is 17. The molecule has 12 unspecified atom stereocenters. The fraction of sp³-hybridized carbons (Fsp3) is 0.586. The zero-order valence-corrected chi connectivity index (χ0v) is 65.3. The molecule has 3 heterocycles. The van der Waals surface area contributed by atoms with Gasteiger partial charge < -0.3 is 118 Å². The average molecular weight is 1600 g/mol. The van der Waals surface area contributed by atoms with Crippen LogP contribution in [0.2, 0.25) is 0 Å². The highest BCUT2D eigenvalue weighted by molar-refractivity contribution is 7.98. The first-order valence-corrected chi connectivity index (χ1v) is 37.7. The largest absolute Gasteiger partial charge is 0.481 e. The number of carboxylic acids is 1. The van der Waals surface area contributed by atoms with Gasteiger partial charge in [-0.15, -0.1) is 0 Å². The number of carboxylic acid groups (broad SMARTS) is 1. The summed E-state index contributed by atoms with van der Waals surface area (Å²) in [5.74, 6) is -15.0. The molecule has 0 saturated carbocycles. The second-order valence-electron chi connectivity index (χ2n) is 27.9. The van der Waals surface area contributed by atoms with Crippen LogP contribution in [0.4, 0.5) is 0 Å². The Kier molecular flexibility index (Phi) is 40.8. The molecule has 3 aromatic rings. The minimum Gasteiger partial charge on any atom is -0.481 e. The monoisotopic (exact) mass is 1590 g/mol. The number of aromatic amines is 2. The molecule has 620 valence electrons. The van der Waals surface area contributed by atoms with E-state index in [-0.39, 0.29) is 88.0 Å². The molecule has 42 heteroatoms. The lowest BCUT2D eigenvalue weighted by atomic mass is 10.0. The van der Waals surface area contributed by atoms with Gasteiger partial charge in [0.1, 0.15) is 66.5 Å². The van der Waals surface area contributed by atoms with Crippen molar-refractivity contribution in [3.8, 4) is 0 Å². The quantitative estimate of drug-likeness (QED) is 0.0142. The van der Waals surface area contributed by atoms with Gasteiger partial charge in [0.25, 0.3) is 5.97 Å². The lowest BCUT2D eigenvalue weighted by molar-refractivity contribution is -0.136. The van der Waals surface area contributed by atoms with Crippen molar-refractivity contribution in [1.82, 2.24) is 89.4 Å². The first-order valence-electron chi connectivity index (χ1n) is 36.3. The lowest BCUT2D eigenvalue weighted by Crippen LogP contribution is -2.61. The van der Waals surface area contributed by atoms with Crippen LogP contribution in [0.25, 0.3) is 10.9 Å². The van der Waals surface area contributed by atoms with Crippen molar-refractivity contribution in [2.75, 3.05) is 38.2 Å². The van der Waals surface area contributed by atoms with Crippen LogP contribution in [0.1, 0.15) is 131 Å². The Morgan fingerprint density at radius 1 is 0.580 bits per heavy atom. The molecule has 1 aromatic carbocycles. The summed E-state index contributed by atoms with van der Waals surface area (Å²) in [7, 11) is 0. The van der Waals surface area contributed by atoms with E-state index in [1.54, 1.807) is 58.2 Å². The first-order chi connectivity index (χ1) is 52.7. The molecule has 0 aliphatic carbocycles. The fourth-order valence-corrected chi connectivity index (χ4v) is 11.6. The third kappa shape index (κ3) is 35.1. The molecule has 1 aliphatic rings. The number of aliphatic hydroxyl groups excluding tert-OH is 1. The van der Waals surface area contributed by atoms with E-state index in [0.29, 0.717) is 27.9 Å². The minimum absolute atomic E-state index is 0.00529. The predicted molar refractivity (Wildman–Crippen MR) is 409 cm³/mol. The van der Waals surface area contributed by atoms with Crippen LogP contribution < -0.4 is 97.4 Å². The number of aliphatic carboxylic acids is 1. The molecule has 2 aromatic heterocycles. The number of guanidine groups is 1. The zero-order chi connectivity index (χ0) is 84.1. The van der Waals surface area contributed by atoms with Gasteiger partial charge in [-0.05, 0) is 100 Å². The van der Waals surface area contributed by atoms with Gasteiger partial charge in [0.2, 0.25) is 94.5 Å². The molecule has 26 N–H and O–H groups in total. The van der Waals surface area contributed by atoms with Gasteiger partial charge in [-0.3, -0.25) is 86.5 Å². The van der Waals surface area contributed by atoms with Crippen LogP contribution in [0, 0.1) is 17.8 Å². The Hall–Kier alpha value is -11.5. The summed E-state index contributed by atoms with van der Waals surface area (Å²) in [5, 5.41) is 54.1. The van der Waals surface area contributed by atoms with Crippen molar-refractivity contribution in [3.05, 3.63) is 54.2 Å². The van der Waals surface area contributed by atoms with E-state index < -0.39 is 206 Å². The maximum Gasteiger partial charge on any atom is 0.300 e. The zero-order valence-electron chi connectivity index (χ0n) is 64.5. The summed E-state index contributed by atoms with van der Waals surface area (Å²) in [6, 6.07) is -7.95. The van der Waals surface area contributed by atoms with Crippen molar-refractivity contribution in [3.63, 3.8) is 0 Å². The second-order valence-corrected chi connectivity index (χ2v) is 28.9. The van der Waals surface area contributed by atoms with Crippen molar-refractivity contribution < 1.29 is 91.7 Å². The van der Waals surface area contributed by atoms with Crippen LogP contribution in [0.15, 0.2) is 48.0 Å². The number of hydrogen-bond acceptors (Lipinski definition) is 21. The van der Waals surface area contributed by atoms with Gasteiger partial charge in [0.05, 0.1) is 32.1 Å². The van der Waals surface area contributed by atoms with Gasteiger partial charge in [-0.2, -0.15) is 11.8 Å². The molecule has 4 rings (SSSR count). The predicted octanol–water partition coefficient (Wildman–Crippen LogP) is -6.05. The number of nitrogens with one attached hydrogen (secondary N) is 16. The Labute approximate surface area is 651 Å². The van der Waals surface area contributed by atoms with Crippen LogP contribution >= 0.6 is 11.8 Å². The highest BCUT2D eigenvalue weighted by Gasteiger charge is 2.37. The molecule has 112 heavy (non-hydrogen) atoms. The van der Waals surface area contributed by atoms with Crippen molar-refractivity contribution in [1.29, 1.82) is 0 Å². The number of nitrogens with zero attached hydrogens (tertiary/aromatic N) is 2. The van der Waals surface area contributed by atoms with E-state index in [2.05, 4.69) is 94.4 Å². The van der Waals surface area contributed by atoms with E-state index in [0.717, 1.165) is 13.8 Å². The number of carbonyl (C=O) groups excluding carboxylic acids is 16. The summed E-state index contributed by atoms with van der Waals surface area (Å²) >= 11 is 1.44. The molecule has 12 atom stereocenters. The molecule has 1 saturated heterocycles. The molecule has 1 aliphatic heterocycles. The SMILES string of the molecule is CC(=O)O.CSCCC(NC(=O)C(CC(C)C)NC(=O)C(Cc1cnc[nH]1)NC(=O)CNC(=O)C(NC(=O)C(C)NC(=O)C(Cc1c[nH]c2ccccc12)NC(=O)C(CCC(N)=O)NC(=O)C(NC(=O)CNC(=O)C(CC(C)C)NC(=O)C(CCCN=C(N)N)NC(=O)CNC(=O)C1CCC(=O)N1)C(C)O)C(C)C)C(N)=O. The van der Waals surface area contributed by atoms with Crippen LogP contribution in [0.3, 0.4) is 0 Å². The number of thioether (sulfide) groups is 1. The van der Waals surface area contributed by atoms with Gasteiger partial charge in [-0.1, -0.05) is 59.7 Å². The van der Waals surface area contributed by atoms with Gasteiger partial charge in [0.15, 0.2) is 5.96 Å². The number of primary amides is 2. The number of aliphatic hydroxyl groups is 1. The number of fused-ring (bicyclic) bond motifs is 1. The maximum absolute atomic E-state index is 14.5. The number of nitrogens with two attached hydrogens (primary N) is 4. The van der Waals surface area contributed by atoms with E-state index in [1.807, 2.05) is 20.1 Å². The molecule has 0 radical (unpaired) electrons. The molecule has 0 spiro atoms. The Bertz CT molecular complexity index is 3770. The highest BCUT2D eigenvalue weighted by Crippen LogP contribution is 2.20. The summed E-state index contributed by atoms with van der Waals surface area (Å²) in [4.78, 5) is 238. The summed E-state index contributed by atoms with van der Waals surface area (Å²) in [6.45, 7) is 11.7. The first kappa shape index (κ1) is 94.7. The van der Waals surface area contributed by atoms with Gasteiger partial charge in [0, 0.05) is 68.1 Å². The fourth-order valence-electron chi connectivity index (χ4n) is 11.1. The molecular weight excluding hydrogens is 1480 g/mol. The number of para-hydroxylation sites is 1. The van der Waals surface area contributed by atoms with E-state index in [9.17, 15) is 81.8 Å². The average Bonchev–Trinajstić information content (AvgIpc) is 1.67. The molecular formula is C70H110N22O19S. The topological polar surface area (TPSA) is 660 Å². The Morgan fingerprint density at radius 2 is 1.10 bits per heavy atom. The Balaban J connectivity index is 0.00000792. The number of imidazole rings is 1. The maximum atomic E-state index is 14.5. The minimum atomic E-state index is -1.85. The number of H-pyrrole nitrogens is 2. The van der Waals surface area contributed by atoms with Crippen LogP contribution in [-0.4, -0.2) is 242 Å². The van der Waals surface area contributed by atoms with Crippen molar-refractivity contribution in [2.24, 2.45) is 45.7 Å². The molecule has 1 fully saturated rings. The van der Waals surface area contributed by atoms with Gasteiger partial charge in [-0.25, -0.2) is 4.98 Å².